The van der Waals surface area contributed by atoms with Gasteiger partial charge in [0.1, 0.15) is 5.75 Å². The third kappa shape index (κ3) is 3.16. The molecule has 0 radical (unpaired) electrons. The van der Waals surface area contributed by atoms with E-state index in [1.54, 1.807) is 18.2 Å². The molecule has 0 aliphatic heterocycles. The number of hydrogen-bond acceptors (Lipinski definition) is 5. The Morgan fingerprint density at radius 1 is 1.47 bits per heavy atom. The van der Waals surface area contributed by atoms with Crippen LogP contribution >= 0.6 is 0 Å². The second kappa shape index (κ2) is 5.19. The minimum atomic E-state index is -0.435. The zero-order chi connectivity index (χ0) is 13.9. The fraction of sp³-hybridized carbons (Fsp3) is 0.429. The number of nitrogen functional groups attached to an aromatic ring is 1. The van der Waals surface area contributed by atoms with Crippen LogP contribution in [0.15, 0.2) is 18.2 Å². The first kappa shape index (κ1) is 13.2. The molecule has 19 heavy (non-hydrogen) atoms. The molecule has 1 aliphatic rings. The first-order chi connectivity index (χ1) is 9.08. The summed E-state index contributed by atoms with van der Waals surface area (Å²) in [5.41, 5.74) is 6.38. The lowest BCUT2D eigenvalue weighted by atomic mass is 10.1. The van der Waals surface area contributed by atoms with Crippen LogP contribution in [0, 0.1) is 16.7 Å². The maximum absolute atomic E-state index is 11.9. The van der Waals surface area contributed by atoms with E-state index in [2.05, 4.69) is 6.07 Å². The Bertz CT molecular complexity index is 530. The average molecular weight is 260 g/mol. The first-order valence-electron chi connectivity index (χ1n) is 6.07. The van der Waals surface area contributed by atoms with E-state index in [1.807, 2.05) is 0 Å². The van der Waals surface area contributed by atoms with Crippen molar-refractivity contribution in [1.29, 1.82) is 5.26 Å². The predicted octanol–water partition coefficient (Wildman–Crippen LogP) is 2.13. The van der Waals surface area contributed by atoms with Gasteiger partial charge in [-0.2, -0.15) is 5.26 Å². The molecule has 0 unspecified atom stereocenters. The topological polar surface area (TPSA) is 85.3 Å². The Hall–Kier alpha value is -2.22. The van der Waals surface area contributed by atoms with Crippen LogP contribution in [0.5, 0.6) is 5.75 Å². The summed E-state index contributed by atoms with van der Waals surface area (Å²) in [4.78, 5) is 11.9. The summed E-state index contributed by atoms with van der Waals surface area (Å²) >= 11 is 0. The van der Waals surface area contributed by atoms with E-state index in [9.17, 15) is 4.79 Å². The molecular formula is C14H16N2O3. The van der Waals surface area contributed by atoms with Gasteiger partial charge in [0.15, 0.2) is 0 Å². The van der Waals surface area contributed by atoms with Gasteiger partial charge >= 0.3 is 5.97 Å². The Morgan fingerprint density at radius 2 is 2.21 bits per heavy atom. The van der Waals surface area contributed by atoms with E-state index in [0.29, 0.717) is 23.4 Å². The van der Waals surface area contributed by atoms with Crippen molar-refractivity contribution in [3.63, 3.8) is 0 Å². The van der Waals surface area contributed by atoms with E-state index in [4.69, 9.17) is 20.5 Å². The van der Waals surface area contributed by atoms with E-state index in [1.165, 1.54) is 7.11 Å². The fourth-order valence-electron chi connectivity index (χ4n) is 1.88. The lowest BCUT2D eigenvalue weighted by molar-refractivity contribution is 0.0419. The third-order valence-corrected chi connectivity index (χ3v) is 3.32. The second-order valence-electron chi connectivity index (χ2n) is 4.91. The number of benzene rings is 1. The lowest BCUT2D eigenvalue weighted by Crippen LogP contribution is -2.15. The van der Waals surface area contributed by atoms with Crippen LogP contribution in [-0.4, -0.2) is 19.7 Å². The number of methoxy groups -OCH3 is 1. The number of nitrogens with two attached hydrogens (primary N) is 1. The molecule has 0 atom stereocenters. The minimum absolute atomic E-state index is 0.116. The van der Waals surface area contributed by atoms with Crippen LogP contribution in [0.1, 0.15) is 29.6 Å². The van der Waals surface area contributed by atoms with Crippen molar-refractivity contribution >= 4 is 11.7 Å². The number of carbonyl (C=O) groups is 1. The smallest absolute Gasteiger partial charge is 0.338 e. The lowest BCUT2D eigenvalue weighted by Gasteiger charge is -2.12. The summed E-state index contributed by atoms with van der Waals surface area (Å²) in [6, 6.07) is 6.90. The molecule has 0 saturated heterocycles. The summed E-state index contributed by atoms with van der Waals surface area (Å²) in [6.07, 6.45) is 2.31. The molecule has 5 heteroatoms. The Labute approximate surface area is 111 Å². The number of carbonyl (C=O) groups excluding carboxylic acids is 1. The quantitative estimate of drug-likeness (QED) is 0.647. The number of hydrogen-bond donors (Lipinski definition) is 1. The van der Waals surface area contributed by atoms with E-state index < -0.39 is 5.97 Å². The van der Waals surface area contributed by atoms with Crippen molar-refractivity contribution in [3.05, 3.63) is 23.8 Å². The highest BCUT2D eigenvalue weighted by Gasteiger charge is 2.43. The fourth-order valence-corrected chi connectivity index (χ4v) is 1.88. The van der Waals surface area contributed by atoms with Crippen molar-refractivity contribution in [2.45, 2.75) is 19.3 Å². The van der Waals surface area contributed by atoms with Crippen LogP contribution < -0.4 is 10.5 Å². The van der Waals surface area contributed by atoms with Gasteiger partial charge in [0.2, 0.25) is 0 Å². The predicted molar refractivity (Wildman–Crippen MR) is 69.6 cm³/mol. The van der Waals surface area contributed by atoms with Gasteiger partial charge in [-0.3, -0.25) is 0 Å². The van der Waals surface area contributed by atoms with E-state index in [0.717, 1.165) is 12.8 Å². The average Bonchev–Trinajstić information content (AvgIpc) is 3.16. The molecule has 1 aromatic carbocycles. The van der Waals surface area contributed by atoms with Crippen LogP contribution in [0.25, 0.3) is 0 Å². The number of esters is 1. The number of nitriles is 1. The van der Waals surface area contributed by atoms with E-state index >= 15 is 0 Å². The van der Waals surface area contributed by atoms with Gasteiger partial charge in [-0.15, -0.1) is 0 Å². The van der Waals surface area contributed by atoms with Gasteiger partial charge in [-0.25, -0.2) is 4.79 Å². The summed E-state index contributed by atoms with van der Waals surface area (Å²) < 4.78 is 10.3. The van der Waals surface area contributed by atoms with Crippen molar-refractivity contribution < 1.29 is 14.3 Å². The van der Waals surface area contributed by atoms with E-state index in [-0.39, 0.29) is 12.0 Å². The van der Waals surface area contributed by atoms with Crippen molar-refractivity contribution in [3.8, 4) is 11.8 Å². The van der Waals surface area contributed by atoms with Gasteiger partial charge in [0.25, 0.3) is 0 Å². The number of nitrogens with zero attached hydrogens (tertiary/aromatic N) is 1. The Morgan fingerprint density at radius 3 is 2.79 bits per heavy atom. The largest absolute Gasteiger partial charge is 0.497 e. The van der Waals surface area contributed by atoms with Crippen LogP contribution in [-0.2, 0) is 4.74 Å². The number of rotatable bonds is 5. The molecule has 0 amide bonds. The maximum atomic E-state index is 11.9. The van der Waals surface area contributed by atoms with Gasteiger partial charge in [0.05, 0.1) is 25.3 Å². The third-order valence-electron chi connectivity index (χ3n) is 3.32. The molecule has 1 aliphatic carbocycles. The van der Waals surface area contributed by atoms with Crippen LogP contribution in [0.2, 0.25) is 0 Å². The monoisotopic (exact) mass is 260 g/mol. The standard InChI is InChI=1S/C14H16N2O3/c1-18-12-7-10(6-11(16)8-12)13(17)19-9-14(2-3-14)4-5-15/h6-8H,2-4,9,16H2,1H3. The molecule has 5 nitrogen and oxygen atoms in total. The highest BCUT2D eigenvalue weighted by Crippen LogP contribution is 2.48. The van der Waals surface area contributed by atoms with Gasteiger partial charge in [-0.05, 0) is 25.0 Å². The maximum Gasteiger partial charge on any atom is 0.338 e. The molecule has 0 spiro atoms. The highest BCUT2D eigenvalue weighted by atomic mass is 16.5. The summed E-state index contributed by atoms with van der Waals surface area (Å²) in [6.45, 7) is 0.288. The van der Waals surface area contributed by atoms with Crippen LogP contribution in [0.4, 0.5) is 5.69 Å². The zero-order valence-electron chi connectivity index (χ0n) is 10.8. The molecule has 100 valence electrons. The van der Waals surface area contributed by atoms with Crippen LogP contribution in [0.3, 0.4) is 0 Å². The summed E-state index contributed by atoms with van der Waals surface area (Å²) in [5, 5.41) is 8.71. The minimum Gasteiger partial charge on any atom is -0.497 e. The summed E-state index contributed by atoms with van der Waals surface area (Å²) in [7, 11) is 1.51. The molecule has 0 bridgehead atoms. The van der Waals surface area contributed by atoms with Crippen molar-refractivity contribution in [2.24, 2.45) is 5.41 Å². The van der Waals surface area contributed by atoms with Gasteiger partial charge < -0.3 is 15.2 Å². The Kier molecular flexibility index (Phi) is 3.61. The normalized spacial score (nSPS) is 15.4. The molecule has 1 saturated carbocycles. The number of ether oxygens (including phenoxy) is 2. The SMILES string of the molecule is COc1cc(N)cc(C(=O)OCC2(CC#N)CC2)c1. The van der Waals surface area contributed by atoms with Crippen molar-refractivity contribution in [2.75, 3.05) is 19.5 Å². The number of anilines is 1. The molecule has 2 rings (SSSR count). The molecular weight excluding hydrogens is 244 g/mol. The van der Waals surface area contributed by atoms with Crippen molar-refractivity contribution in [1.82, 2.24) is 0 Å². The molecule has 1 fully saturated rings. The molecule has 1 aromatic rings. The molecule has 0 heterocycles. The molecule has 0 aromatic heterocycles. The highest BCUT2D eigenvalue weighted by molar-refractivity contribution is 5.91. The van der Waals surface area contributed by atoms with Gasteiger partial charge in [-0.1, -0.05) is 0 Å². The van der Waals surface area contributed by atoms with Gasteiger partial charge in [0, 0.05) is 23.6 Å². The molecule has 2 N–H and O–H groups in total. The second-order valence-corrected chi connectivity index (χ2v) is 4.91. The Balaban J connectivity index is 2.00. The zero-order valence-corrected chi connectivity index (χ0v) is 10.8. The summed E-state index contributed by atoms with van der Waals surface area (Å²) in [5.74, 6) is 0.0833. The first-order valence-corrected chi connectivity index (χ1v) is 6.07.